The highest BCUT2D eigenvalue weighted by molar-refractivity contribution is 7.89. The van der Waals surface area contributed by atoms with Crippen LogP contribution in [0, 0.1) is 5.82 Å². The lowest BCUT2D eigenvalue weighted by atomic mass is 10.0. The molecule has 0 aliphatic rings. The third-order valence-electron chi connectivity index (χ3n) is 4.08. The van der Waals surface area contributed by atoms with Crippen molar-refractivity contribution in [1.82, 2.24) is 4.72 Å². The molecular weight excluding hydrogens is 379 g/mol. The largest absolute Gasteiger partial charge is 0.322 e. The van der Waals surface area contributed by atoms with Gasteiger partial charge >= 0.3 is 0 Å². The predicted octanol–water partition coefficient (Wildman–Crippen LogP) is 4.04. The van der Waals surface area contributed by atoms with Gasteiger partial charge in [-0.25, -0.2) is 17.5 Å². The summed E-state index contributed by atoms with van der Waals surface area (Å²) in [5, 5.41) is 2.57. The summed E-state index contributed by atoms with van der Waals surface area (Å²) in [5.41, 5.74) is 1.80. The molecular formula is C21H19FN2O3S. The van der Waals surface area contributed by atoms with Gasteiger partial charge in [0.25, 0.3) is 5.91 Å². The van der Waals surface area contributed by atoms with Crippen molar-refractivity contribution >= 4 is 21.6 Å². The van der Waals surface area contributed by atoms with Crippen LogP contribution in [0.2, 0.25) is 0 Å². The Hall–Kier alpha value is -3.03. The molecule has 0 heterocycles. The quantitative estimate of drug-likeness (QED) is 0.658. The maximum absolute atomic E-state index is 14.4. The summed E-state index contributed by atoms with van der Waals surface area (Å²) in [5.74, 6) is -1.25. The molecule has 0 spiro atoms. The van der Waals surface area contributed by atoms with Gasteiger partial charge in [-0.3, -0.25) is 4.79 Å². The molecule has 1 amide bonds. The summed E-state index contributed by atoms with van der Waals surface area (Å²) in [6, 6.07) is 19.4. The highest BCUT2D eigenvalue weighted by atomic mass is 32.2. The summed E-state index contributed by atoms with van der Waals surface area (Å²) in [7, 11) is -3.57. The minimum absolute atomic E-state index is 0.0887. The van der Waals surface area contributed by atoms with E-state index in [-0.39, 0.29) is 17.0 Å². The number of carbonyl (C=O) groups is 1. The van der Waals surface area contributed by atoms with Gasteiger partial charge in [0.05, 0.1) is 10.5 Å². The Morgan fingerprint density at radius 3 is 2.21 bits per heavy atom. The topological polar surface area (TPSA) is 75.3 Å². The molecule has 0 saturated heterocycles. The molecule has 144 valence electrons. The Labute approximate surface area is 163 Å². The van der Waals surface area contributed by atoms with E-state index in [1.165, 1.54) is 36.4 Å². The van der Waals surface area contributed by atoms with Crippen molar-refractivity contribution in [2.75, 3.05) is 11.9 Å². The van der Waals surface area contributed by atoms with Crippen LogP contribution < -0.4 is 10.0 Å². The summed E-state index contributed by atoms with van der Waals surface area (Å²) in [6.07, 6.45) is 0. The number of benzene rings is 3. The molecule has 0 aliphatic carbocycles. The second-order valence-corrected chi connectivity index (χ2v) is 7.81. The molecule has 0 saturated carbocycles. The summed E-state index contributed by atoms with van der Waals surface area (Å²) < 4.78 is 40.7. The number of nitrogens with one attached hydrogen (secondary N) is 2. The van der Waals surface area contributed by atoms with Crippen LogP contribution >= 0.6 is 0 Å². The number of rotatable bonds is 6. The number of hydrogen-bond acceptors (Lipinski definition) is 3. The van der Waals surface area contributed by atoms with Crippen LogP contribution in [-0.4, -0.2) is 20.9 Å². The molecule has 7 heteroatoms. The van der Waals surface area contributed by atoms with Crippen LogP contribution in [0.25, 0.3) is 11.1 Å². The van der Waals surface area contributed by atoms with E-state index >= 15 is 0 Å². The molecule has 0 radical (unpaired) electrons. The zero-order valence-electron chi connectivity index (χ0n) is 15.1. The van der Waals surface area contributed by atoms with E-state index in [1.54, 1.807) is 13.0 Å². The van der Waals surface area contributed by atoms with Crippen molar-refractivity contribution in [3.05, 3.63) is 84.2 Å². The summed E-state index contributed by atoms with van der Waals surface area (Å²) in [4.78, 5) is 12.5. The number of amides is 1. The fourth-order valence-electron chi connectivity index (χ4n) is 2.70. The van der Waals surface area contributed by atoms with E-state index in [9.17, 15) is 17.6 Å². The molecule has 0 bridgehead atoms. The van der Waals surface area contributed by atoms with E-state index in [0.717, 1.165) is 5.56 Å². The molecule has 3 aromatic rings. The van der Waals surface area contributed by atoms with Crippen molar-refractivity contribution in [2.24, 2.45) is 0 Å². The minimum Gasteiger partial charge on any atom is -0.322 e. The van der Waals surface area contributed by atoms with Crippen molar-refractivity contribution in [3.8, 4) is 11.1 Å². The van der Waals surface area contributed by atoms with Gasteiger partial charge in [0, 0.05) is 12.2 Å². The predicted molar refractivity (Wildman–Crippen MR) is 107 cm³/mol. The first kappa shape index (κ1) is 19.7. The van der Waals surface area contributed by atoms with E-state index in [1.807, 2.05) is 30.3 Å². The van der Waals surface area contributed by atoms with Crippen molar-refractivity contribution in [2.45, 2.75) is 11.8 Å². The summed E-state index contributed by atoms with van der Waals surface area (Å²) >= 11 is 0. The zero-order valence-corrected chi connectivity index (χ0v) is 16.0. The smallest absolute Gasteiger partial charge is 0.258 e. The van der Waals surface area contributed by atoms with E-state index in [2.05, 4.69) is 10.0 Å². The van der Waals surface area contributed by atoms with Crippen LogP contribution in [0.15, 0.2) is 77.7 Å². The highest BCUT2D eigenvalue weighted by Crippen LogP contribution is 2.22. The Kier molecular flexibility index (Phi) is 5.87. The van der Waals surface area contributed by atoms with Crippen LogP contribution in [-0.2, 0) is 10.0 Å². The molecule has 0 unspecified atom stereocenters. The van der Waals surface area contributed by atoms with Crippen LogP contribution in [0.1, 0.15) is 17.3 Å². The summed E-state index contributed by atoms with van der Waals surface area (Å²) in [6.45, 7) is 1.96. The number of halogens is 1. The number of sulfonamides is 1. The fourth-order valence-corrected chi connectivity index (χ4v) is 3.74. The SMILES string of the molecule is CCNS(=O)(=O)c1ccc(NC(=O)c2ccc(-c3ccccc3)cc2F)cc1. The average molecular weight is 398 g/mol. The lowest BCUT2D eigenvalue weighted by Gasteiger charge is -2.09. The molecule has 3 rings (SSSR count). The van der Waals surface area contributed by atoms with E-state index in [0.29, 0.717) is 11.3 Å². The van der Waals surface area contributed by atoms with Gasteiger partial charge in [0.1, 0.15) is 5.82 Å². The Morgan fingerprint density at radius 2 is 1.61 bits per heavy atom. The van der Waals surface area contributed by atoms with Gasteiger partial charge in [-0.1, -0.05) is 43.3 Å². The zero-order chi connectivity index (χ0) is 20.1. The minimum atomic E-state index is -3.57. The van der Waals surface area contributed by atoms with Gasteiger partial charge in [-0.15, -0.1) is 0 Å². The Balaban J connectivity index is 1.76. The van der Waals surface area contributed by atoms with Gasteiger partial charge in [0.15, 0.2) is 0 Å². The maximum atomic E-state index is 14.4. The van der Waals surface area contributed by atoms with Crippen molar-refractivity contribution < 1.29 is 17.6 Å². The second kappa shape index (κ2) is 8.33. The number of hydrogen-bond donors (Lipinski definition) is 2. The molecule has 0 atom stereocenters. The monoisotopic (exact) mass is 398 g/mol. The normalized spacial score (nSPS) is 11.2. The number of anilines is 1. The third kappa shape index (κ3) is 4.44. The van der Waals surface area contributed by atoms with Crippen molar-refractivity contribution in [3.63, 3.8) is 0 Å². The van der Waals surface area contributed by atoms with Crippen molar-refractivity contribution in [1.29, 1.82) is 0 Å². The molecule has 3 aromatic carbocycles. The number of carbonyl (C=O) groups excluding carboxylic acids is 1. The molecule has 0 aliphatic heterocycles. The molecule has 0 fully saturated rings. The van der Waals surface area contributed by atoms with Gasteiger partial charge in [-0.05, 0) is 47.5 Å². The lowest BCUT2D eigenvalue weighted by Crippen LogP contribution is -2.23. The second-order valence-electron chi connectivity index (χ2n) is 6.04. The Morgan fingerprint density at radius 1 is 0.929 bits per heavy atom. The third-order valence-corrected chi connectivity index (χ3v) is 5.64. The fraction of sp³-hybridized carbons (Fsp3) is 0.0952. The van der Waals surface area contributed by atoms with E-state index in [4.69, 9.17) is 0 Å². The first-order chi connectivity index (χ1) is 13.4. The van der Waals surface area contributed by atoms with Gasteiger partial charge in [-0.2, -0.15) is 0 Å². The maximum Gasteiger partial charge on any atom is 0.258 e. The molecule has 28 heavy (non-hydrogen) atoms. The lowest BCUT2D eigenvalue weighted by molar-refractivity contribution is 0.102. The van der Waals surface area contributed by atoms with E-state index < -0.39 is 21.7 Å². The van der Waals surface area contributed by atoms with Crippen LogP contribution in [0.4, 0.5) is 10.1 Å². The molecule has 2 N–H and O–H groups in total. The first-order valence-electron chi connectivity index (χ1n) is 8.67. The Bertz CT molecular complexity index is 1080. The standard InChI is InChI=1S/C21H19FN2O3S/c1-2-23-28(26,27)18-11-9-17(10-12-18)24-21(25)19-13-8-16(14-20(19)22)15-6-4-3-5-7-15/h3-14,23H,2H2,1H3,(H,24,25). The molecule has 0 aromatic heterocycles. The van der Waals surface area contributed by atoms with Crippen LogP contribution in [0.5, 0.6) is 0 Å². The first-order valence-corrected chi connectivity index (χ1v) is 10.1. The van der Waals surface area contributed by atoms with Gasteiger partial charge in [0.2, 0.25) is 10.0 Å². The molecule has 5 nitrogen and oxygen atoms in total. The van der Waals surface area contributed by atoms with Gasteiger partial charge < -0.3 is 5.32 Å². The average Bonchev–Trinajstić information content (AvgIpc) is 2.69. The highest BCUT2D eigenvalue weighted by Gasteiger charge is 2.15. The van der Waals surface area contributed by atoms with Crippen LogP contribution in [0.3, 0.4) is 0 Å².